The highest BCUT2D eigenvalue weighted by molar-refractivity contribution is 7.80. The zero-order chi connectivity index (χ0) is 13.8. The SMILES string of the molecule is Cc1cccc(COc2ccc(C(N)=S)c(Cl)c2)c1. The molecule has 0 unspecified atom stereocenters. The Morgan fingerprint density at radius 2 is 2.05 bits per heavy atom. The fourth-order valence-corrected chi connectivity index (χ4v) is 2.26. The maximum atomic E-state index is 6.08. The van der Waals surface area contributed by atoms with Crippen LogP contribution in [0.3, 0.4) is 0 Å². The second kappa shape index (κ2) is 6.04. The van der Waals surface area contributed by atoms with Crippen LogP contribution >= 0.6 is 23.8 Å². The van der Waals surface area contributed by atoms with Crippen LogP contribution in [0.2, 0.25) is 5.02 Å². The number of benzene rings is 2. The van der Waals surface area contributed by atoms with Crippen LogP contribution in [0.15, 0.2) is 42.5 Å². The molecule has 0 saturated heterocycles. The van der Waals surface area contributed by atoms with Crippen molar-refractivity contribution in [3.8, 4) is 5.75 Å². The molecule has 0 aliphatic rings. The average molecular weight is 292 g/mol. The third kappa shape index (κ3) is 3.69. The van der Waals surface area contributed by atoms with Crippen molar-refractivity contribution >= 4 is 28.8 Å². The zero-order valence-corrected chi connectivity index (χ0v) is 12.1. The normalized spacial score (nSPS) is 10.2. The van der Waals surface area contributed by atoms with Crippen molar-refractivity contribution in [2.24, 2.45) is 5.73 Å². The van der Waals surface area contributed by atoms with Crippen LogP contribution in [-0.2, 0) is 6.61 Å². The molecule has 0 aromatic heterocycles. The number of rotatable bonds is 4. The molecule has 0 atom stereocenters. The zero-order valence-electron chi connectivity index (χ0n) is 10.5. The summed E-state index contributed by atoms with van der Waals surface area (Å²) in [6.07, 6.45) is 0. The first kappa shape index (κ1) is 13.8. The average Bonchev–Trinajstić information content (AvgIpc) is 2.36. The van der Waals surface area contributed by atoms with Crippen molar-refractivity contribution in [1.29, 1.82) is 0 Å². The van der Waals surface area contributed by atoms with Crippen LogP contribution < -0.4 is 10.5 Å². The molecule has 4 heteroatoms. The highest BCUT2D eigenvalue weighted by Gasteiger charge is 2.05. The molecule has 2 nitrogen and oxygen atoms in total. The second-order valence-corrected chi connectivity index (χ2v) is 5.13. The van der Waals surface area contributed by atoms with Crippen LogP contribution in [-0.4, -0.2) is 4.99 Å². The number of thiocarbonyl (C=S) groups is 1. The molecule has 0 heterocycles. The van der Waals surface area contributed by atoms with Gasteiger partial charge in [0.2, 0.25) is 0 Å². The monoisotopic (exact) mass is 291 g/mol. The van der Waals surface area contributed by atoms with Crippen molar-refractivity contribution in [2.45, 2.75) is 13.5 Å². The predicted molar refractivity (Wildman–Crippen MR) is 82.9 cm³/mol. The second-order valence-electron chi connectivity index (χ2n) is 4.28. The van der Waals surface area contributed by atoms with E-state index in [1.54, 1.807) is 12.1 Å². The van der Waals surface area contributed by atoms with Gasteiger partial charge in [-0.25, -0.2) is 0 Å². The van der Waals surface area contributed by atoms with E-state index in [-0.39, 0.29) is 4.99 Å². The summed E-state index contributed by atoms with van der Waals surface area (Å²) in [6.45, 7) is 2.56. The number of aryl methyl sites for hydroxylation is 1. The van der Waals surface area contributed by atoms with Gasteiger partial charge in [0.15, 0.2) is 0 Å². The van der Waals surface area contributed by atoms with E-state index in [2.05, 4.69) is 19.1 Å². The van der Waals surface area contributed by atoms with Gasteiger partial charge < -0.3 is 10.5 Å². The molecule has 2 aromatic rings. The van der Waals surface area contributed by atoms with Gasteiger partial charge in [0.25, 0.3) is 0 Å². The van der Waals surface area contributed by atoms with Gasteiger partial charge in [-0.2, -0.15) is 0 Å². The molecular formula is C15H14ClNOS. The van der Waals surface area contributed by atoms with Gasteiger partial charge in [0, 0.05) is 5.56 Å². The van der Waals surface area contributed by atoms with Crippen LogP contribution in [0, 0.1) is 6.92 Å². The molecule has 19 heavy (non-hydrogen) atoms. The standard InChI is InChI=1S/C15H14ClNOS/c1-10-3-2-4-11(7-10)9-18-12-5-6-13(15(17)19)14(16)8-12/h2-8H,9H2,1H3,(H2,17,19). The van der Waals surface area contributed by atoms with E-state index in [1.165, 1.54) is 5.56 Å². The van der Waals surface area contributed by atoms with E-state index < -0.39 is 0 Å². The maximum Gasteiger partial charge on any atom is 0.121 e. The minimum absolute atomic E-state index is 0.287. The van der Waals surface area contributed by atoms with E-state index in [1.807, 2.05) is 18.2 Å². The molecule has 0 fully saturated rings. The summed E-state index contributed by atoms with van der Waals surface area (Å²) in [5, 5.41) is 0.509. The third-order valence-electron chi connectivity index (χ3n) is 2.69. The molecule has 2 rings (SSSR count). The Bertz CT molecular complexity index is 613. The summed E-state index contributed by atoms with van der Waals surface area (Å²) < 4.78 is 5.69. The van der Waals surface area contributed by atoms with Crippen LogP contribution in [0.25, 0.3) is 0 Å². The van der Waals surface area contributed by atoms with E-state index in [9.17, 15) is 0 Å². The first-order valence-corrected chi connectivity index (χ1v) is 6.62. The van der Waals surface area contributed by atoms with Crippen molar-refractivity contribution < 1.29 is 4.74 Å². The van der Waals surface area contributed by atoms with Gasteiger partial charge >= 0.3 is 0 Å². The van der Waals surface area contributed by atoms with Gasteiger partial charge in [-0.05, 0) is 30.7 Å². The molecule has 2 aromatic carbocycles. The molecule has 0 aliphatic heterocycles. The van der Waals surface area contributed by atoms with Gasteiger partial charge in [-0.3, -0.25) is 0 Å². The summed E-state index contributed by atoms with van der Waals surface area (Å²) in [5.74, 6) is 0.700. The molecule has 0 saturated carbocycles. The Hall–Kier alpha value is -1.58. The molecule has 2 N–H and O–H groups in total. The fraction of sp³-hybridized carbons (Fsp3) is 0.133. The Balaban J connectivity index is 2.08. The van der Waals surface area contributed by atoms with Crippen LogP contribution in [0.1, 0.15) is 16.7 Å². The lowest BCUT2D eigenvalue weighted by Gasteiger charge is -2.09. The van der Waals surface area contributed by atoms with Crippen LogP contribution in [0.4, 0.5) is 0 Å². The lowest BCUT2D eigenvalue weighted by Crippen LogP contribution is -2.09. The van der Waals surface area contributed by atoms with E-state index in [0.717, 1.165) is 5.56 Å². The Morgan fingerprint density at radius 3 is 2.68 bits per heavy atom. The summed E-state index contributed by atoms with van der Waals surface area (Å²) >= 11 is 11.0. The summed E-state index contributed by atoms with van der Waals surface area (Å²) in [7, 11) is 0. The Kier molecular flexibility index (Phi) is 4.40. The quantitative estimate of drug-likeness (QED) is 0.869. The van der Waals surface area contributed by atoms with Crippen LogP contribution in [0.5, 0.6) is 5.75 Å². The Morgan fingerprint density at radius 1 is 1.26 bits per heavy atom. The summed E-state index contributed by atoms with van der Waals surface area (Å²) in [5.41, 5.74) is 8.55. The van der Waals surface area contributed by atoms with E-state index in [0.29, 0.717) is 22.9 Å². The first-order chi connectivity index (χ1) is 9.06. The number of hydrogen-bond acceptors (Lipinski definition) is 2. The van der Waals surface area contributed by atoms with Gasteiger partial charge in [-0.1, -0.05) is 53.6 Å². The van der Waals surface area contributed by atoms with Crippen molar-refractivity contribution in [2.75, 3.05) is 0 Å². The first-order valence-electron chi connectivity index (χ1n) is 5.84. The molecule has 0 radical (unpaired) electrons. The van der Waals surface area contributed by atoms with E-state index in [4.69, 9.17) is 34.3 Å². The fourth-order valence-electron chi connectivity index (χ4n) is 1.75. The smallest absolute Gasteiger partial charge is 0.121 e. The number of halogens is 1. The topological polar surface area (TPSA) is 35.2 Å². The lowest BCUT2D eigenvalue weighted by molar-refractivity contribution is 0.306. The molecule has 0 aliphatic carbocycles. The summed E-state index contributed by atoms with van der Waals surface area (Å²) in [4.78, 5) is 0.287. The predicted octanol–water partition coefficient (Wildman–Crippen LogP) is 3.86. The molecule has 0 spiro atoms. The molecular weight excluding hydrogens is 278 g/mol. The number of nitrogens with two attached hydrogens (primary N) is 1. The number of hydrogen-bond donors (Lipinski definition) is 1. The van der Waals surface area contributed by atoms with Crippen molar-refractivity contribution in [3.05, 3.63) is 64.2 Å². The minimum Gasteiger partial charge on any atom is -0.489 e. The maximum absolute atomic E-state index is 6.08. The van der Waals surface area contributed by atoms with Crippen molar-refractivity contribution in [1.82, 2.24) is 0 Å². The van der Waals surface area contributed by atoms with Gasteiger partial charge in [0.05, 0.1) is 5.02 Å². The lowest BCUT2D eigenvalue weighted by atomic mass is 10.1. The summed E-state index contributed by atoms with van der Waals surface area (Å²) in [6, 6.07) is 13.5. The van der Waals surface area contributed by atoms with E-state index >= 15 is 0 Å². The van der Waals surface area contributed by atoms with Crippen molar-refractivity contribution in [3.63, 3.8) is 0 Å². The molecule has 98 valence electrons. The molecule has 0 bridgehead atoms. The van der Waals surface area contributed by atoms with Gasteiger partial charge in [-0.15, -0.1) is 0 Å². The minimum atomic E-state index is 0.287. The highest BCUT2D eigenvalue weighted by Crippen LogP contribution is 2.23. The highest BCUT2D eigenvalue weighted by atomic mass is 35.5. The third-order valence-corrected chi connectivity index (χ3v) is 3.23. The van der Waals surface area contributed by atoms with Gasteiger partial charge in [0.1, 0.15) is 17.3 Å². The molecule has 0 amide bonds. The number of ether oxygens (including phenoxy) is 1. The Labute approximate surface area is 123 Å². The largest absolute Gasteiger partial charge is 0.489 e.